The molecule has 1 saturated carbocycles. The van der Waals surface area contributed by atoms with Gasteiger partial charge in [-0.25, -0.2) is 0 Å². The quantitative estimate of drug-likeness (QED) is 0.845. The molecule has 21 heavy (non-hydrogen) atoms. The van der Waals surface area contributed by atoms with Gasteiger partial charge in [0.2, 0.25) is 0 Å². The van der Waals surface area contributed by atoms with Gasteiger partial charge in [-0.2, -0.15) is 13.2 Å². The second-order valence-corrected chi connectivity index (χ2v) is 5.67. The first-order chi connectivity index (χ1) is 9.90. The van der Waals surface area contributed by atoms with E-state index in [4.69, 9.17) is 4.74 Å². The fraction of sp³-hybridized carbons (Fsp3) is 0.625. The van der Waals surface area contributed by atoms with Crippen LogP contribution in [-0.2, 0) is 10.9 Å². The van der Waals surface area contributed by atoms with Crippen LogP contribution >= 0.6 is 0 Å². The maximum absolute atomic E-state index is 12.6. The molecule has 0 amide bonds. The highest BCUT2D eigenvalue weighted by Crippen LogP contribution is 2.42. The summed E-state index contributed by atoms with van der Waals surface area (Å²) < 4.78 is 43.5. The molecular weight excluding hydrogens is 279 g/mol. The fourth-order valence-corrected chi connectivity index (χ4v) is 2.89. The summed E-state index contributed by atoms with van der Waals surface area (Å²) in [6.07, 6.45) is -0.297. The van der Waals surface area contributed by atoms with Gasteiger partial charge in [0, 0.05) is 13.2 Å². The number of nitrogens with one attached hydrogen (secondary N) is 1. The minimum absolute atomic E-state index is 0.0255. The van der Waals surface area contributed by atoms with Gasteiger partial charge in [0.25, 0.3) is 0 Å². The van der Waals surface area contributed by atoms with Crippen LogP contribution in [0.5, 0.6) is 0 Å². The Balaban J connectivity index is 2.14. The van der Waals surface area contributed by atoms with Gasteiger partial charge in [0.1, 0.15) is 0 Å². The van der Waals surface area contributed by atoms with Crippen molar-refractivity contribution >= 4 is 0 Å². The number of hydrogen-bond donors (Lipinski definition) is 1. The molecule has 1 aromatic carbocycles. The molecule has 1 unspecified atom stereocenters. The van der Waals surface area contributed by atoms with Crippen molar-refractivity contribution in [3.63, 3.8) is 0 Å². The van der Waals surface area contributed by atoms with Gasteiger partial charge in [-0.15, -0.1) is 0 Å². The Bertz CT molecular complexity index is 446. The van der Waals surface area contributed by atoms with Gasteiger partial charge in [0.05, 0.1) is 11.2 Å². The zero-order chi connectivity index (χ0) is 15.5. The molecule has 2 rings (SSSR count). The van der Waals surface area contributed by atoms with E-state index < -0.39 is 11.7 Å². The van der Waals surface area contributed by atoms with Gasteiger partial charge in [0.15, 0.2) is 0 Å². The molecule has 0 bridgehead atoms. The molecule has 1 N–H and O–H groups in total. The number of methoxy groups -OCH3 is 1. The Morgan fingerprint density at radius 2 is 1.86 bits per heavy atom. The van der Waals surface area contributed by atoms with E-state index in [1.807, 2.05) is 6.92 Å². The van der Waals surface area contributed by atoms with Crippen LogP contribution in [0.25, 0.3) is 0 Å². The summed E-state index contributed by atoms with van der Waals surface area (Å²) in [4.78, 5) is 0. The summed E-state index contributed by atoms with van der Waals surface area (Å²) in [5.41, 5.74) is 0.162. The lowest BCUT2D eigenvalue weighted by Gasteiger charge is -2.43. The predicted octanol–water partition coefficient (Wildman–Crippen LogP) is 4.32. The number of alkyl halides is 3. The SMILES string of the molecule is CCNC(CC1(OC)CCC1)c1ccc(C(F)(F)F)cc1. The van der Waals surface area contributed by atoms with Crippen LogP contribution < -0.4 is 5.32 Å². The van der Waals surface area contributed by atoms with E-state index in [9.17, 15) is 13.2 Å². The maximum Gasteiger partial charge on any atom is 0.416 e. The van der Waals surface area contributed by atoms with Crippen molar-refractivity contribution in [3.8, 4) is 0 Å². The van der Waals surface area contributed by atoms with Crippen LogP contribution in [-0.4, -0.2) is 19.3 Å². The van der Waals surface area contributed by atoms with Crippen molar-refractivity contribution < 1.29 is 17.9 Å². The summed E-state index contributed by atoms with van der Waals surface area (Å²) in [5.74, 6) is 0. The molecule has 1 atom stereocenters. The van der Waals surface area contributed by atoms with Gasteiger partial charge in [-0.3, -0.25) is 0 Å². The van der Waals surface area contributed by atoms with E-state index in [-0.39, 0.29) is 11.6 Å². The molecule has 2 nitrogen and oxygen atoms in total. The molecule has 1 aromatic rings. The highest BCUT2D eigenvalue weighted by atomic mass is 19.4. The Morgan fingerprint density at radius 1 is 1.24 bits per heavy atom. The van der Waals surface area contributed by atoms with Gasteiger partial charge in [-0.1, -0.05) is 19.1 Å². The standard InChI is InChI=1S/C16H22F3NO/c1-3-20-14(11-15(21-2)9-4-10-15)12-5-7-13(8-6-12)16(17,18)19/h5-8,14,20H,3-4,9-11H2,1-2H3. The van der Waals surface area contributed by atoms with Crippen molar-refractivity contribution in [1.29, 1.82) is 0 Å². The zero-order valence-corrected chi connectivity index (χ0v) is 12.5. The van der Waals surface area contributed by atoms with Gasteiger partial charge in [-0.05, 0) is 49.9 Å². The smallest absolute Gasteiger partial charge is 0.378 e. The van der Waals surface area contributed by atoms with E-state index in [1.54, 1.807) is 19.2 Å². The minimum Gasteiger partial charge on any atom is -0.378 e. The lowest BCUT2D eigenvalue weighted by atomic mass is 9.74. The highest BCUT2D eigenvalue weighted by Gasteiger charge is 2.39. The first-order valence-corrected chi connectivity index (χ1v) is 7.36. The molecule has 5 heteroatoms. The third-order valence-corrected chi connectivity index (χ3v) is 4.36. The van der Waals surface area contributed by atoms with Crippen LogP contribution in [0.3, 0.4) is 0 Å². The number of rotatable bonds is 6. The Morgan fingerprint density at radius 3 is 2.24 bits per heavy atom. The summed E-state index contributed by atoms with van der Waals surface area (Å²) in [7, 11) is 1.72. The molecule has 0 spiro atoms. The summed E-state index contributed by atoms with van der Waals surface area (Å²) in [5, 5.41) is 3.35. The topological polar surface area (TPSA) is 21.3 Å². The minimum atomic E-state index is -4.28. The Kier molecular flexibility index (Phi) is 4.94. The third kappa shape index (κ3) is 3.77. The number of ether oxygens (including phenoxy) is 1. The first kappa shape index (κ1) is 16.3. The van der Waals surface area contributed by atoms with E-state index in [0.717, 1.165) is 49.9 Å². The molecule has 0 saturated heterocycles. The molecule has 0 aliphatic heterocycles. The van der Waals surface area contributed by atoms with Crippen LogP contribution in [0.1, 0.15) is 49.8 Å². The van der Waals surface area contributed by atoms with Crippen molar-refractivity contribution in [2.24, 2.45) is 0 Å². The zero-order valence-electron chi connectivity index (χ0n) is 12.5. The summed E-state index contributed by atoms with van der Waals surface area (Å²) >= 11 is 0. The lowest BCUT2D eigenvalue weighted by molar-refractivity contribution is -0.137. The molecule has 1 aliphatic carbocycles. The van der Waals surface area contributed by atoms with Crippen molar-refractivity contribution in [3.05, 3.63) is 35.4 Å². The molecule has 0 heterocycles. The largest absolute Gasteiger partial charge is 0.416 e. The van der Waals surface area contributed by atoms with E-state index in [2.05, 4.69) is 5.32 Å². The summed E-state index contributed by atoms with van der Waals surface area (Å²) in [6, 6.07) is 5.47. The number of hydrogen-bond acceptors (Lipinski definition) is 2. The number of halogens is 3. The first-order valence-electron chi connectivity index (χ1n) is 7.36. The molecule has 0 radical (unpaired) electrons. The van der Waals surface area contributed by atoms with E-state index in [0.29, 0.717) is 0 Å². The van der Waals surface area contributed by atoms with Crippen molar-refractivity contribution in [2.75, 3.05) is 13.7 Å². The number of benzene rings is 1. The van der Waals surface area contributed by atoms with E-state index in [1.165, 1.54) is 0 Å². The second kappa shape index (κ2) is 6.36. The van der Waals surface area contributed by atoms with Gasteiger partial charge >= 0.3 is 6.18 Å². The monoisotopic (exact) mass is 301 g/mol. The molecule has 0 aromatic heterocycles. The predicted molar refractivity (Wildman–Crippen MR) is 76.1 cm³/mol. The van der Waals surface area contributed by atoms with Crippen LogP contribution in [0, 0.1) is 0 Å². The molecule has 1 aliphatic rings. The maximum atomic E-state index is 12.6. The van der Waals surface area contributed by atoms with Crippen LogP contribution in [0.4, 0.5) is 13.2 Å². The Labute approximate surface area is 123 Å². The van der Waals surface area contributed by atoms with Crippen molar-refractivity contribution in [1.82, 2.24) is 5.32 Å². The van der Waals surface area contributed by atoms with E-state index >= 15 is 0 Å². The average Bonchev–Trinajstić information content (AvgIpc) is 2.41. The molecule has 118 valence electrons. The van der Waals surface area contributed by atoms with Crippen molar-refractivity contribution in [2.45, 2.75) is 50.4 Å². The van der Waals surface area contributed by atoms with Crippen LogP contribution in [0.2, 0.25) is 0 Å². The third-order valence-electron chi connectivity index (χ3n) is 4.36. The molecular formula is C16H22F3NO. The average molecular weight is 301 g/mol. The summed E-state index contributed by atoms with van der Waals surface area (Å²) in [6.45, 7) is 2.77. The fourth-order valence-electron chi connectivity index (χ4n) is 2.89. The van der Waals surface area contributed by atoms with Crippen LogP contribution in [0.15, 0.2) is 24.3 Å². The lowest BCUT2D eigenvalue weighted by Crippen LogP contribution is -2.42. The normalized spacial score (nSPS) is 19.1. The second-order valence-electron chi connectivity index (χ2n) is 5.67. The van der Waals surface area contributed by atoms with Gasteiger partial charge < -0.3 is 10.1 Å². The Hall–Kier alpha value is -1.07. The highest BCUT2D eigenvalue weighted by molar-refractivity contribution is 5.27. The molecule has 1 fully saturated rings.